The lowest BCUT2D eigenvalue weighted by Crippen LogP contribution is -2.06. The minimum absolute atomic E-state index is 0.559. The molecule has 0 aliphatic carbocycles. The molecule has 1 aromatic carbocycles. The molecule has 0 heterocycles. The Morgan fingerprint density at radius 2 is 2.12 bits per heavy atom. The quantitative estimate of drug-likeness (QED) is 0.748. The van der Waals surface area contributed by atoms with Gasteiger partial charge >= 0.3 is 5.97 Å². The molecule has 0 aliphatic rings. The topological polar surface area (TPSA) is 49.3 Å². The molecule has 0 aromatic heterocycles. The SMILES string of the molecule is CCc1ccccc1NC/C(C)=C/C(=O)O. The second-order valence-electron chi connectivity index (χ2n) is 3.69. The maximum absolute atomic E-state index is 10.4. The summed E-state index contributed by atoms with van der Waals surface area (Å²) < 4.78 is 0. The van der Waals surface area contributed by atoms with Gasteiger partial charge < -0.3 is 10.4 Å². The number of para-hydroxylation sites is 1. The number of anilines is 1. The molecule has 3 nitrogen and oxygen atoms in total. The van der Waals surface area contributed by atoms with Gasteiger partial charge in [-0.15, -0.1) is 0 Å². The van der Waals surface area contributed by atoms with Crippen LogP contribution in [0.5, 0.6) is 0 Å². The first-order chi connectivity index (χ1) is 7.63. The molecule has 0 fully saturated rings. The van der Waals surface area contributed by atoms with Crippen LogP contribution in [0.15, 0.2) is 35.9 Å². The highest BCUT2D eigenvalue weighted by molar-refractivity contribution is 5.80. The molecule has 0 bridgehead atoms. The summed E-state index contributed by atoms with van der Waals surface area (Å²) in [6, 6.07) is 8.05. The summed E-state index contributed by atoms with van der Waals surface area (Å²) in [4.78, 5) is 10.4. The molecule has 86 valence electrons. The number of carboxylic acids is 1. The Morgan fingerprint density at radius 3 is 2.75 bits per heavy atom. The Hall–Kier alpha value is -1.77. The lowest BCUT2D eigenvalue weighted by Gasteiger charge is -2.10. The van der Waals surface area contributed by atoms with Gasteiger partial charge in [0, 0.05) is 18.3 Å². The molecule has 2 N–H and O–H groups in total. The zero-order valence-electron chi connectivity index (χ0n) is 9.66. The van der Waals surface area contributed by atoms with Crippen molar-refractivity contribution in [2.75, 3.05) is 11.9 Å². The number of nitrogens with one attached hydrogen (secondary N) is 1. The number of aliphatic carboxylic acids is 1. The first-order valence-corrected chi connectivity index (χ1v) is 5.35. The van der Waals surface area contributed by atoms with Gasteiger partial charge in [0.05, 0.1) is 0 Å². The van der Waals surface area contributed by atoms with Crippen molar-refractivity contribution in [2.45, 2.75) is 20.3 Å². The van der Waals surface area contributed by atoms with Gasteiger partial charge in [0.15, 0.2) is 0 Å². The number of benzene rings is 1. The number of hydrogen-bond acceptors (Lipinski definition) is 2. The summed E-state index contributed by atoms with van der Waals surface area (Å²) in [6.45, 7) is 4.46. The molecule has 0 aliphatic heterocycles. The van der Waals surface area contributed by atoms with Crippen molar-refractivity contribution in [3.8, 4) is 0 Å². The van der Waals surface area contributed by atoms with Crippen molar-refractivity contribution in [2.24, 2.45) is 0 Å². The maximum Gasteiger partial charge on any atom is 0.328 e. The predicted molar refractivity (Wildman–Crippen MR) is 65.7 cm³/mol. The lowest BCUT2D eigenvalue weighted by atomic mass is 10.1. The van der Waals surface area contributed by atoms with E-state index in [1.807, 2.05) is 18.2 Å². The average molecular weight is 219 g/mol. The minimum Gasteiger partial charge on any atom is -0.478 e. The Labute approximate surface area is 95.8 Å². The smallest absolute Gasteiger partial charge is 0.328 e. The van der Waals surface area contributed by atoms with Crippen molar-refractivity contribution < 1.29 is 9.90 Å². The van der Waals surface area contributed by atoms with Crippen molar-refractivity contribution >= 4 is 11.7 Å². The lowest BCUT2D eigenvalue weighted by molar-refractivity contribution is -0.131. The van der Waals surface area contributed by atoms with E-state index in [0.29, 0.717) is 6.54 Å². The van der Waals surface area contributed by atoms with Crippen LogP contribution in [-0.2, 0) is 11.2 Å². The van der Waals surface area contributed by atoms with Gasteiger partial charge in [-0.05, 0) is 30.5 Å². The van der Waals surface area contributed by atoms with Crippen LogP contribution in [0, 0.1) is 0 Å². The van der Waals surface area contributed by atoms with Gasteiger partial charge in [-0.25, -0.2) is 4.79 Å². The Balaban J connectivity index is 2.64. The van der Waals surface area contributed by atoms with E-state index in [1.54, 1.807) is 6.92 Å². The van der Waals surface area contributed by atoms with E-state index in [-0.39, 0.29) is 0 Å². The van der Waals surface area contributed by atoms with Crippen molar-refractivity contribution in [1.29, 1.82) is 0 Å². The van der Waals surface area contributed by atoms with Crippen molar-refractivity contribution in [1.82, 2.24) is 0 Å². The standard InChI is InChI=1S/C13H17NO2/c1-3-11-6-4-5-7-12(11)14-9-10(2)8-13(15)16/h4-8,14H,3,9H2,1-2H3,(H,15,16)/b10-8+. The molecule has 0 atom stereocenters. The number of hydrogen-bond donors (Lipinski definition) is 2. The van der Waals surface area contributed by atoms with Crippen LogP contribution >= 0.6 is 0 Å². The van der Waals surface area contributed by atoms with E-state index in [9.17, 15) is 4.79 Å². The molecular weight excluding hydrogens is 202 g/mol. The third-order valence-electron chi connectivity index (χ3n) is 2.33. The number of carbonyl (C=O) groups is 1. The van der Waals surface area contributed by atoms with Crippen LogP contribution in [0.3, 0.4) is 0 Å². The zero-order valence-corrected chi connectivity index (χ0v) is 9.66. The average Bonchev–Trinajstić information content (AvgIpc) is 2.26. The summed E-state index contributed by atoms with van der Waals surface area (Å²) in [6.07, 6.45) is 2.19. The van der Waals surface area contributed by atoms with Crippen LogP contribution < -0.4 is 5.32 Å². The number of aryl methyl sites for hydroxylation is 1. The van der Waals surface area contributed by atoms with Crippen LogP contribution in [0.2, 0.25) is 0 Å². The first-order valence-electron chi connectivity index (χ1n) is 5.35. The van der Waals surface area contributed by atoms with E-state index in [2.05, 4.69) is 18.3 Å². The van der Waals surface area contributed by atoms with Crippen LogP contribution in [0.4, 0.5) is 5.69 Å². The third kappa shape index (κ3) is 3.77. The molecule has 0 radical (unpaired) electrons. The third-order valence-corrected chi connectivity index (χ3v) is 2.33. The van der Waals surface area contributed by atoms with E-state index >= 15 is 0 Å². The van der Waals surface area contributed by atoms with Crippen molar-refractivity contribution in [3.63, 3.8) is 0 Å². The fourth-order valence-corrected chi connectivity index (χ4v) is 1.50. The summed E-state index contributed by atoms with van der Waals surface area (Å²) in [7, 11) is 0. The summed E-state index contributed by atoms with van der Waals surface area (Å²) in [5.41, 5.74) is 3.12. The van der Waals surface area contributed by atoms with Gasteiger partial charge in [0.2, 0.25) is 0 Å². The summed E-state index contributed by atoms with van der Waals surface area (Å²) in [5, 5.41) is 11.8. The molecule has 0 saturated carbocycles. The van der Waals surface area contributed by atoms with Gasteiger partial charge in [0.1, 0.15) is 0 Å². The molecule has 0 spiro atoms. The normalized spacial score (nSPS) is 11.2. The minimum atomic E-state index is -0.900. The van der Waals surface area contributed by atoms with Gasteiger partial charge in [0.25, 0.3) is 0 Å². The van der Waals surface area contributed by atoms with E-state index in [1.165, 1.54) is 11.6 Å². The van der Waals surface area contributed by atoms with Gasteiger partial charge in [-0.2, -0.15) is 0 Å². The molecular formula is C13H17NO2. The summed E-state index contributed by atoms with van der Waals surface area (Å²) >= 11 is 0. The molecule has 1 rings (SSSR count). The fraction of sp³-hybridized carbons (Fsp3) is 0.308. The second-order valence-corrected chi connectivity index (χ2v) is 3.69. The molecule has 0 amide bonds. The van der Waals surface area contributed by atoms with Crippen molar-refractivity contribution in [3.05, 3.63) is 41.5 Å². The highest BCUT2D eigenvalue weighted by Crippen LogP contribution is 2.15. The highest BCUT2D eigenvalue weighted by atomic mass is 16.4. The Bertz CT molecular complexity index is 397. The monoisotopic (exact) mass is 219 g/mol. The van der Waals surface area contributed by atoms with Gasteiger partial charge in [-0.3, -0.25) is 0 Å². The number of carboxylic acid groups (broad SMARTS) is 1. The highest BCUT2D eigenvalue weighted by Gasteiger charge is 1.99. The molecule has 0 saturated heterocycles. The Kier molecular flexibility index (Phi) is 4.58. The molecule has 1 aromatic rings. The van der Waals surface area contributed by atoms with Crippen LogP contribution in [-0.4, -0.2) is 17.6 Å². The molecule has 0 unspecified atom stereocenters. The number of rotatable bonds is 5. The zero-order chi connectivity index (χ0) is 12.0. The second kappa shape index (κ2) is 5.95. The van der Waals surface area contributed by atoms with Gasteiger partial charge in [-0.1, -0.05) is 25.1 Å². The fourth-order valence-electron chi connectivity index (χ4n) is 1.50. The van der Waals surface area contributed by atoms with Crippen LogP contribution in [0.25, 0.3) is 0 Å². The maximum atomic E-state index is 10.4. The molecule has 16 heavy (non-hydrogen) atoms. The van der Waals surface area contributed by atoms with E-state index < -0.39 is 5.97 Å². The van der Waals surface area contributed by atoms with Crippen LogP contribution in [0.1, 0.15) is 19.4 Å². The van der Waals surface area contributed by atoms with E-state index in [4.69, 9.17) is 5.11 Å². The Morgan fingerprint density at radius 1 is 1.44 bits per heavy atom. The first kappa shape index (κ1) is 12.3. The largest absolute Gasteiger partial charge is 0.478 e. The molecule has 3 heteroatoms. The van der Waals surface area contributed by atoms with E-state index in [0.717, 1.165) is 17.7 Å². The predicted octanol–water partition coefficient (Wildman–Crippen LogP) is 2.69. The summed E-state index contributed by atoms with van der Waals surface area (Å²) in [5.74, 6) is -0.900.